The minimum atomic E-state index is -0.935. The molecule has 39 heavy (non-hydrogen) atoms. The highest BCUT2D eigenvalue weighted by Gasteiger charge is 2.34. The van der Waals surface area contributed by atoms with Crippen LogP contribution in [-0.4, -0.2) is 48.9 Å². The second-order valence-electron chi connectivity index (χ2n) is 10.1. The first-order valence-electron chi connectivity index (χ1n) is 13.6. The molecule has 1 aromatic carbocycles. The molecule has 4 atom stereocenters. The van der Waals surface area contributed by atoms with Crippen LogP contribution < -0.4 is 14.8 Å². The summed E-state index contributed by atoms with van der Waals surface area (Å²) < 4.78 is 21.5. The Kier molecular flexibility index (Phi) is 11.1. The summed E-state index contributed by atoms with van der Waals surface area (Å²) in [5.41, 5.74) is 1.11. The monoisotopic (exact) mass is 540 g/mol. The Bertz CT molecular complexity index is 1100. The van der Waals surface area contributed by atoms with Crippen LogP contribution in [0.5, 0.6) is 11.5 Å². The summed E-state index contributed by atoms with van der Waals surface area (Å²) in [6.07, 6.45) is 6.57. The third-order valence-corrected chi connectivity index (χ3v) is 7.15. The minimum absolute atomic E-state index is 0.00136. The fourth-order valence-electron chi connectivity index (χ4n) is 4.79. The molecule has 1 aromatic heterocycles. The quantitative estimate of drug-likeness (QED) is 0.255. The summed E-state index contributed by atoms with van der Waals surface area (Å²) in [6.45, 7) is 6.53. The van der Waals surface area contributed by atoms with Gasteiger partial charge in [0.25, 0.3) is 5.91 Å². The number of methoxy groups -OCH3 is 1. The number of carbonyl (C=O) groups excluding carboxylic acids is 3. The first-order valence-corrected chi connectivity index (χ1v) is 13.6. The molecule has 1 heterocycles. The molecule has 3 rings (SSSR count). The zero-order valence-corrected chi connectivity index (χ0v) is 23.5. The molecular formula is C30H40N2O7. The number of rotatable bonds is 15. The lowest BCUT2D eigenvalue weighted by Gasteiger charge is -2.32. The van der Waals surface area contributed by atoms with Gasteiger partial charge in [0.15, 0.2) is 17.2 Å². The van der Waals surface area contributed by atoms with Crippen molar-refractivity contribution in [1.82, 2.24) is 10.3 Å². The largest absolute Gasteiger partial charge is 0.493 e. The molecule has 0 spiro atoms. The third-order valence-electron chi connectivity index (χ3n) is 7.15. The van der Waals surface area contributed by atoms with Crippen LogP contribution in [0, 0.1) is 17.8 Å². The predicted octanol–water partition coefficient (Wildman–Crippen LogP) is 4.72. The molecule has 1 N–H and O–H groups in total. The van der Waals surface area contributed by atoms with Crippen LogP contribution in [0.2, 0.25) is 0 Å². The van der Waals surface area contributed by atoms with Crippen molar-refractivity contribution in [3.63, 3.8) is 0 Å². The molecule has 1 saturated carbocycles. The Morgan fingerprint density at radius 3 is 2.44 bits per heavy atom. The fourth-order valence-corrected chi connectivity index (χ4v) is 4.79. The number of esters is 2. The normalized spacial score (nSPS) is 15.8. The van der Waals surface area contributed by atoms with Gasteiger partial charge in [0.1, 0.15) is 12.1 Å². The SMILES string of the molecule is CC[C@H](CC1CC1)[C@@H](Cc1ccccc1)[C@H](C)OC(=O)[C@H](C)NC(=O)c1nccc(OC)c1OCOC(C)=O. The van der Waals surface area contributed by atoms with Crippen LogP contribution >= 0.6 is 0 Å². The number of hydrogen-bond acceptors (Lipinski definition) is 8. The molecule has 212 valence electrons. The van der Waals surface area contributed by atoms with Gasteiger partial charge in [0.2, 0.25) is 6.79 Å². The van der Waals surface area contributed by atoms with Gasteiger partial charge in [-0.05, 0) is 44.1 Å². The van der Waals surface area contributed by atoms with E-state index in [0.717, 1.165) is 25.2 Å². The smallest absolute Gasteiger partial charge is 0.328 e. The number of benzene rings is 1. The molecular weight excluding hydrogens is 500 g/mol. The van der Waals surface area contributed by atoms with Crippen LogP contribution in [0.3, 0.4) is 0 Å². The molecule has 9 nitrogen and oxygen atoms in total. The average molecular weight is 541 g/mol. The molecule has 2 aromatic rings. The van der Waals surface area contributed by atoms with Gasteiger partial charge in [-0.25, -0.2) is 9.78 Å². The predicted molar refractivity (Wildman–Crippen MR) is 145 cm³/mol. The molecule has 0 saturated heterocycles. The summed E-state index contributed by atoms with van der Waals surface area (Å²) >= 11 is 0. The van der Waals surface area contributed by atoms with Crippen LogP contribution in [0.1, 0.15) is 69.4 Å². The highest BCUT2D eigenvalue weighted by Crippen LogP contribution is 2.40. The topological polar surface area (TPSA) is 113 Å². The molecule has 1 aliphatic carbocycles. The lowest BCUT2D eigenvalue weighted by atomic mass is 9.78. The molecule has 0 unspecified atom stereocenters. The lowest BCUT2D eigenvalue weighted by Crippen LogP contribution is -2.42. The molecule has 9 heteroatoms. The Morgan fingerprint density at radius 2 is 1.82 bits per heavy atom. The fraction of sp³-hybridized carbons (Fsp3) is 0.533. The van der Waals surface area contributed by atoms with E-state index in [1.165, 1.54) is 44.7 Å². The van der Waals surface area contributed by atoms with Crippen LogP contribution in [-0.2, 0) is 25.5 Å². The Labute approximate surface area is 230 Å². The van der Waals surface area contributed by atoms with Crippen LogP contribution in [0.4, 0.5) is 0 Å². The van der Waals surface area contributed by atoms with Gasteiger partial charge in [-0.2, -0.15) is 0 Å². The number of nitrogens with one attached hydrogen (secondary N) is 1. The van der Waals surface area contributed by atoms with Gasteiger partial charge in [-0.3, -0.25) is 9.59 Å². The van der Waals surface area contributed by atoms with E-state index < -0.39 is 30.7 Å². The van der Waals surface area contributed by atoms with Crippen molar-refractivity contribution < 1.29 is 33.3 Å². The Balaban J connectivity index is 1.68. The highest BCUT2D eigenvalue weighted by atomic mass is 16.7. The Hall–Kier alpha value is -3.62. The number of ether oxygens (including phenoxy) is 4. The van der Waals surface area contributed by atoms with Gasteiger partial charge in [-0.15, -0.1) is 0 Å². The van der Waals surface area contributed by atoms with E-state index in [1.807, 2.05) is 25.1 Å². The average Bonchev–Trinajstić information content (AvgIpc) is 3.75. The molecule has 0 aliphatic heterocycles. The molecule has 1 fully saturated rings. The second-order valence-corrected chi connectivity index (χ2v) is 10.1. The lowest BCUT2D eigenvalue weighted by molar-refractivity contribution is -0.154. The number of aromatic nitrogens is 1. The number of pyridine rings is 1. The van der Waals surface area contributed by atoms with E-state index in [9.17, 15) is 14.4 Å². The zero-order valence-electron chi connectivity index (χ0n) is 23.5. The standard InChI is InChI=1S/C30H40N2O7/c1-6-24(16-23-12-13-23)25(17-22-10-8-7-9-11-22)20(3)39-30(35)19(2)32-29(34)27-28(38-18-37-21(4)33)26(36-5)14-15-31-27/h7-11,14-15,19-20,23-25H,6,12-13,16-18H2,1-5H3,(H,32,34)/t19-,20-,24+,25-/m0/s1. The third kappa shape index (κ3) is 8.97. The maximum absolute atomic E-state index is 13.1. The van der Waals surface area contributed by atoms with Gasteiger partial charge in [0, 0.05) is 25.1 Å². The van der Waals surface area contributed by atoms with Crippen molar-refractivity contribution >= 4 is 17.8 Å². The van der Waals surface area contributed by atoms with Gasteiger partial charge in [-0.1, -0.05) is 56.5 Å². The van der Waals surface area contributed by atoms with Crippen molar-refractivity contribution in [2.75, 3.05) is 13.9 Å². The second kappa shape index (κ2) is 14.5. The van der Waals surface area contributed by atoms with Crippen molar-refractivity contribution in [3.8, 4) is 11.5 Å². The van der Waals surface area contributed by atoms with E-state index in [2.05, 4.69) is 29.4 Å². The van der Waals surface area contributed by atoms with Crippen molar-refractivity contribution in [2.24, 2.45) is 17.8 Å². The number of amides is 1. The van der Waals surface area contributed by atoms with Crippen LogP contribution in [0.25, 0.3) is 0 Å². The summed E-state index contributed by atoms with van der Waals surface area (Å²) in [5.74, 6) is -0.123. The maximum atomic E-state index is 13.1. The van der Waals surface area contributed by atoms with Gasteiger partial charge < -0.3 is 24.3 Å². The first kappa shape index (κ1) is 29.9. The van der Waals surface area contributed by atoms with E-state index in [-0.39, 0.29) is 29.2 Å². The van der Waals surface area contributed by atoms with Gasteiger partial charge in [0.05, 0.1) is 7.11 Å². The first-order chi connectivity index (χ1) is 18.7. The zero-order chi connectivity index (χ0) is 28.4. The summed E-state index contributed by atoms with van der Waals surface area (Å²) in [5, 5.41) is 2.65. The van der Waals surface area contributed by atoms with E-state index in [1.54, 1.807) is 6.92 Å². The van der Waals surface area contributed by atoms with E-state index in [0.29, 0.717) is 5.92 Å². The minimum Gasteiger partial charge on any atom is -0.493 e. The summed E-state index contributed by atoms with van der Waals surface area (Å²) in [6, 6.07) is 10.8. The van der Waals surface area contributed by atoms with Crippen molar-refractivity contribution in [3.05, 3.63) is 53.9 Å². The highest BCUT2D eigenvalue weighted by molar-refractivity contribution is 5.98. The molecule has 1 amide bonds. The maximum Gasteiger partial charge on any atom is 0.328 e. The number of carbonyl (C=O) groups is 3. The molecule has 0 radical (unpaired) electrons. The Morgan fingerprint density at radius 1 is 1.10 bits per heavy atom. The van der Waals surface area contributed by atoms with Crippen LogP contribution in [0.15, 0.2) is 42.6 Å². The van der Waals surface area contributed by atoms with E-state index >= 15 is 0 Å². The summed E-state index contributed by atoms with van der Waals surface area (Å²) in [4.78, 5) is 41.4. The summed E-state index contributed by atoms with van der Waals surface area (Å²) in [7, 11) is 1.41. The van der Waals surface area contributed by atoms with E-state index in [4.69, 9.17) is 18.9 Å². The van der Waals surface area contributed by atoms with Crippen molar-refractivity contribution in [1.29, 1.82) is 0 Å². The van der Waals surface area contributed by atoms with Gasteiger partial charge >= 0.3 is 11.9 Å². The number of nitrogens with zero attached hydrogens (tertiary/aromatic N) is 1. The molecule has 1 aliphatic rings. The van der Waals surface area contributed by atoms with Crippen molar-refractivity contribution in [2.45, 2.75) is 71.9 Å². The molecule has 0 bridgehead atoms. The number of hydrogen-bond donors (Lipinski definition) is 1.